The van der Waals surface area contributed by atoms with Crippen LogP contribution in [0.4, 0.5) is 0 Å². The molecule has 2 aromatic heterocycles. The zero-order chi connectivity index (χ0) is 29.0. The normalized spacial score (nSPS) is 11.6. The van der Waals surface area contributed by atoms with Crippen LogP contribution in [0.2, 0.25) is 0 Å². The number of nitrogens with zero attached hydrogens (tertiary/aromatic N) is 3. The van der Waals surface area contributed by atoms with E-state index in [1.54, 1.807) is 0 Å². The third-order valence-corrected chi connectivity index (χ3v) is 8.63. The highest BCUT2D eigenvalue weighted by Crippen LogP contribution is 2.33. The molecule has 3 heteroatoms. The van der Waals surface area contributed by atoms with E-state index in [1.807, 2.05) is 18.5 Å². The van der Waals surface area contributed by atoms with Crippen LogP contribution in [0.1, 0.15) is 0 Å². The van der Waals surface area contributed by atoms with E-state index in [-0.39, 0.29) is 0 Å². The van der Waals surface area contributed by atoms with Crippen molar-refractivity contribution in [1.29, 1.82) is 0 Å². The molecule has 0 aliphatic heterocycles. The third-order valence-electron chi connectivity index (χ3n) is 8.63. The fourth-order valence-electron chi connectivity index (χ4n) is 6.29. The average molecular weight is 560 g/mol. The molecule has 3 nitrogen and oxygen atoms in total. The number of benzene rings is 7. The lowest BCUT2D eigenvalue weighted by Gasteiger charge is -2.12. The topological polar surface area (TPSA) is 38.7 Å². The summed E-state index contributed by atoms with van der Waals surface area (Å²) < 4.78 is 0. The van der Waals surface area contributed by atoms with Gasteiger partial charge in [-0.3, -0.25) is 4.98 Å². The molecule has 0 fully saturated rings. The number of hydrogen-bond donors (Lipinski definition) is 0. The van der Waals surface area contributed by atoms with E-state index in [9.17, 15) is 0 Å². The van der Waals surface area contributed by atoms with Crippen LogP contribution < -0.4 is 0 Å². The molecule has 0 bridgehead atoms. The van der Waals surface area contributed by atoms with Crippen molar-refractivity contribution in [3.05, 3.63) is 152 Å². The van der Waals surface area contributed by atoms with Gasteiger partial charge in [-0.25, -0.2) is 9.97 Å². The summed E-state index contributed by atoms with van der Waals surface area (Å²) in [6.07, 6.45) is 3.73. The van der Waals surface area contributed by atoms with Crippen molar-refractivity contribution in [2.45, 2.75) is 0 Å². The van der Waals surface area contributed by atoms with E-state index in [1.165, 1.54) is 43.1 Å². The van der Waals surface area contributed by atoms with E-state index in [2.05, 4.69) is 138 Å². The Hall–Kier alpha value is -5.93. The van der Waals surface area contributed by atoms with Gasteiger partial charge in [0.1, 0.15) is 0 Å². The highest BCUT2D eigenvalue weighted by molar-refractivity contribution is 6.01. The maximum absolute atomic E-state index is 5.18. The van der Waals surface area contributed by atoms with Gasteiger partial charge in [0.25, 0.3) is 0 Å². The van der Waals surface area contributed by atoms with Crippen molar-refractivity contribution in [2.75, 3.05) is 0 Å². The van der Waals surface area contributed by atoms with Gasteiger partial charge in [0.2, 0.25) is 0 Å². The maximum atomic E-state index is 5.18. The summed E-state index contributed by atoms with van der Waals surface area (Å²) in [7, 11) is 0. The predicted octanol–water partition coefficient (Wildman–Crippen LogP) is 10.6. The lowest BCUT2D eigenvalue weighted by molar-refractivity contribution is 1.19. The smallest absolute Gasteiger partial charge is 0.160 e. The molecule has 0 unspecified atom stereocenters. The van der Waals surface area contributed by atoms with Gasteiger partial charge in [0.05, 0.1) is 11.4 Å². The fraction of sp³-hybridized carbons (Fsp3) is 0. The second-order valence-corrected chi connectivity index (χ2v) is 11.4. The molecule has 0 amide bonds. The molecule has 0 N–H and O–H groups in total. The van der Waals surface area contributed by atoms with Crippen LogP contribution in [-0.2, 0) is 0 Å². The standard InChI is InChI=1S/C41H25N3/c1-3-7-28-20-37-22-34(11-9-30(37)17-26(28)5-1)40-24-39(33-12-14-36-25-42-16-15-32(36)19-33)43-41(44-40)35-13-10-31-18-27-6-2-4-8-29(27)21-38(31)23-35/h1-25H. The van der Waals surface area contributed by atoms with E-state index >= 15 is 0 Å². The van der Waals surface area contributed by atoms with Crippen molar-refractivity contribution in [3.63, 3.8) is 0 Å². The quantitative estimate of drug-likeness (QED) is 0.202. The van der Waals surface area contributed by atoms with Gasteiger partial charge in [-0.2, -0.15) is 0 Å². The van der Waals surface area contributed by atoms with Crippen molar-refractivity contribution >= 4 is 53.9 Å². The fourth-order valence-corrected chi connectivity index (χ4v) is 6.29. The third kappa shape index (κ3) is 4.26. The summed E-state index contributed by atoms with van der Waals surface area (Å²) in [5.41, 5.74) is 4.89. The van der Waals surface area contributed by atoms with Gasteiger partial charge in [-0.05, 0) is 103 Å². The summed E-state index contributed by atoms with van der Waals surface area (Å²) in [5, 5.41) is 12.0. The second-order valence-electron chi connectivity index (χ2n) is 11.4. The second kappa shape index (κ2) is 9.82. The molecule has 0 spiro atoms. The SMILES string of the molecule is c1ccc2cc3cc(-c4cc(-c5ccc6cnccc6c5)nc(-c5ccc6cc7ccccc7cc6c5)n4)ccc3cc2c1. The predicted molar refractivity (Wildman–Crippen MR) is 184 cm³/mol. The number of hydrogen-bond acceptors (Lipinski definition) is 3. The lowest BCUT2D eigenvalue weighted by Crippen LogP contribution is -1.96. The minimum absolute atomic E-state index is 0.709. The molecule has 0 aliphatic rings. The molecular weight excluding hydrogens is 534 g/mol. The van der Waals surface area contributed by atoms with Crippen LogP contribution in [0, 0.1) is 0 Å². The monoisotopic (exact) mass is 559 g/mol. The van der Waals surface area contributed by atoms with E-state index in [0.717, 1.165) is 38.9 Å². The largest absolute Gasteiger partial charge is 0.264 e. The number of pyridine rings is 1. The Morgan fingerprint density at radius 3 is 1.34 bits per heavy atom. The van der Waals surface area contributed by atoms with Gasteiger partial charge in [-0.1, -0.05) is 84.9 Å². The van der Waals surface area contributed by atoms with Crippen molar-refractivity contribution in [1.82, 2.24) is 15.0 Å². The molecule has 204 valence electrons. The number of aromatic nitrogens is 3. The molecule has 0 saturated heterocycles. The lowest BCUT2D eigenvalue weighted by atomic mass is 9.99. The van der Waals surface area contributed by atoms with Crippen molar-refractivity contribution < 1.29 is 0 Å². The van der Waals surface area contributed by atoms with Crippen molar-refractivity contribution in [2.24, 2.45) is 0 Å². The zero-order valence-corrected chi connectivity index (χ0v) is 23.8. The first-order valence-electron chi connectivity index (χ1n) is 14.8. The minimum Gasteiger partial charge on any atom is -0.264 e. The summed E-state index contributed by atoms with van der Waals surface area (Å²) in [5.74, 6) is 0.709. The molecule has 7 aromatic carbocycles. The Morgan fingerprint density at radius 2 is 0.750 bits per heavy atom. The zero-order valence-electron chi connectivity index (χ0n) is 23.8. The first kappa shape index (κ1) is 24.6. The summed E-state index contributed by atoms with van der Waals surface area (Å²) in [6.45, 7) is 0. The Morgan fingerprint density at radius 1 is 0.318 bits per heavy atom. The Balaban J connectivity index is 1.24. The Labute approximate surface area is 254 Å². The van der Waals surface area contributed by atoms with Crippen molar-refractivity contribution in [3.8, 4) is 33.9 Å². The van der Waals surface area contributed by atoms with E-state index < -0.39 is 0 Å². The van der Waals surface area contributed by atoms with Gasteiger partial charge >= 0.3 is 0 Å². The molecule has 0 aliphatic carbocycles. The van der Waals surface area contributed by atoms with Crippen LogP contribution in [0.3, 0.4) is 0 Å². The molecule has 9 rings (SSSR count). The van der Waals surface area contributed by atoms with Crippen LogP contribution >= 0.6 is 0 Å². The molecular formula is C41H25N3. The molecule has 0 atom stereocenters. The molecule has 44 heavy (non-hydrogen) atoms. The Kier molecular flexibility index (Phi) is 5.50. The van der Waals surface area contributed by atoms with Crippen LogP contribution in [0.5, 0.6) is 0 Å². The molecule has 2 heterocycles. The van der Waals surface area contributed by atoms with Crippen LogP contribution in [0.25, 0.3) is 87.8 Å². The minimum atomic E-state index is 0.709. The highest BCUT2D eigenvalue weighted by atomic mass is 14.9. The molecule has 9 aromatic rings. The molecule has 0 radical (unpaired) electrons. The summed E-state index contributed by atoms with van der Waals surface area (Å²) in [4.78, 5) is 14.6. The molecule has 0 saturated carbocycles. The van der Waals surface area contributed by atoms with Gasteiger partial charge in [0, 0.05) is 34.5 Å². The van der Waals surface area contributed by atoms with Crippen LogP contribution in [0.15, 0.2) is 152 Å². The maximum Gasteiger partial charge on any atom is 0.160 e. The highest BCUT2D eigenvalue weighted by Gasteiger charge is 2.13. The Bertz CT molecular complexity index is 2430. The summed E-state index contributed by atoms with van der Waals surface area (Å²) in [6, 6.07) is 49.8. The average Bonchev–Trinajstić information content (AvgIpc) is 3.09. The van der Waals surface area contributed by atoms with Gasteiger partial charge < -0.3 is 0 Å². The van der Waals surface area contributed by atoms with Crippen LogP contribution in [-0.4, -0.2) is 15.0 Å². The van der Waals surface area contributed by atoms with Gasteiger partial charge in [0.15, 0.2) is 5.82 Å². The van der Waals surface area contributed by atoms with Gasteiger partial charge in [-0.15, -0.1) is 0 Å². The summed E-state index contributed by atoms with van der Waals surface area (Å²) >= 11 is 0. The first-order chi connectivity index (χ1) is 21.7. The first-order valence-corrected chi connectivity index (χ1v) is 14.8. The number of rotatable bonds is 3. The van der Waals surface area contributed by atoms with E-state index in [4.69, 9.17) is 9.97 Å². The number of fused-ring (bicyclic) bond motifs is 5. The van der Waals surface area contributed by atoms with E-state index in [0.29, 0.717) is 5.82 Å².